The summed E-state index contributed by atoms with van der Waals surface area (Å²) in [5.41, 5.74) is 1.69. The fourth-order valence-corrected chi connectivity index (χ4v) is 3.21. The summed E-state index contributed by atoms with van der Waals surface area (Å²) in [6.07, 6.45) is 1.92. The number of methoxy groups -OCH3 is 1. The Balaban J connectivity index is 1.61. The van der Waals surface area contributed by atoms with Crippen molar-refractivity contribution in [3.05, 3.63) is 59.9 Å². The van der Waals surface area contributed by atoms with E-state index in [0.717, 1.165) is 16.7 Å². The predicted octanol–water partition coefficient (Wildman–Crippen LogP) is 3.10. The van der Waals surface area contributed by atoms with Gasteiger partial charge in [0.2, 0.25) is 0 Å². The van der Waals surface area contributed by atoms with Crippen molar-refractivity contribution in [2.75, 3.05) is 25.3 Å². The Morgan fingerprint density at radius 3 is 2.52 bits per heavy atom. The van der Waals surface area contributed by atoms with Gasteiger partial charge in [-0.3, -0.25) is 9.36 Å². The summed E-state index contributed by atoms with van der Waals surface area (Å²) in [6.45, 7) is 1.45. The molecule has 0 spiro atoms. The minimum atomic E-state index is -0.586. The minimum absolute atomic E-state index is 0.343. The fraction of sp³-hybridized carbons (Fsp3) is 0.200. The van der Waals surface area contributed by atoms with E-state index in [0.29, 0.717) is 17.0 Å². The van der Waals surface area contributed by atoms with Gasteiger partial charge in [-0.2, -0.15) is 0 Å². The standard InChI is InChI=1S/C20H20N4O4S/c1-13-22-23-20(29-3)24(13)15-10-8-14(9-11-15)19(26)28-12-18(25)21-16-6-4-5-7-17(16)27-2/h4-11H,12H2,1-3H3,(H,21,25). The molecular formula is C20H20N4O4S. The lowest BCUT2D eigenvalue weighted by Gasteiger charge is -2.10. The summed E-state index contributed by atoms with van der Waals surface area (Å²) in [4.78, 5) is 24.3. The molecule has 0 fully saturated rings. The van der Waals surface area contributed by atoms with Crippen molar-refractivity contribution in [1.82, 2.24) is 14.8 Å². The number of rotatable bonds is 7. The lowest BCUT2D eigenvalue weighted by atomic mass is 10.2. The van der Waals surface area contributed by atoms with Crippen LogP contribution in [0.15, 0.2) is 53.7 Å². The molecule has 1 aromatic heterocycles. The number of hydrogen-bond donors (Lipinski definition) is 1. The first kappa shape index (κ1) is 20.4. The third-order valence-electron chi connectivity index (χ3n) is 4.05. The number of aromatic nitrogens is 3. The van der Waals surface area contributed by atoms with Gasteiger partial charge in [0.1, 0.15) is 11.6 Å². The molecule has 1 N–H and O–H groups in total. The molecule has 2 aromatic carbocycles. The maximum atomic E-state index is 12.3. The van der Waals surface area contributed by atoms with Gasteiger partial charge in [-0.1, -0.05) is 23.9 Å². The number of amides is 1. The van der Waals surface area contributed by atoms with Crippen LogP contribution in [0.2, 0.25) is 0 Å². The highest BCUT2D eigenvalue weighted by atomic mass is 32.2. The highest BCUT2D eigenvalue weighted by molar-refractivity contribution is 7.98. The molecule has 0 saturated carbocycles. The van der Waals surface area contributed by atoms with E-state index in [-0.39, 0.29) is 0 Å². The van der Waals surface area contributed by atoms with Crippen LogP contribution in [0.25, 0.3) is 5.69 Å². The molecule has 1 amide bonds. The average Bonchev–Trinajstić information content (AvgIpc) is 3.13. The number of nitrogens with zero attached hydrogens (tertiary/aromatic N) is 3. The van der Waals surface area contributed by atoms with Gasteiger partial charge < -0.3 is 14.8 Å². The summed E-state index contributed by atoms with van der Waals surface area (Å²) in [5.74, 6) is 0.232. The number of aryl methyl sites for hydroxylation is 1. The molecular weight excluding hydrogens is 392 g/mol. The van der Waals surface area contributed by atoms with Gasteiger partial charge in [0.15, 0.2) is 11.8 Å². The molecule has 9 heteroatoms. The van der Waals surface area contributed by atoms with E-state index >= 15 is 0 Å². The number of thioether (sulfide) groups is 1. The smallest absolute Gasteiger partial charge is 0.338 e. The molecule has 0 aliphatic heterocycles. The maximum absolute atomic E-state index is 12.3. The fourth-order valence-electron chi connectivity index (χ4n) is 2.67. The van der Waals surface area contributed by atoms with Crippen LogP contribution in [-0.4, -0.2) is 46.6 Å². The van der Waals surface area contributed by atoms with Gasteiger partial charge in [0.25, 0.3) is 5.91 Å². The number of hydrogen-bond acceptors (Lipinski definition) is 7. The van der Waals surface area contributed by atoms with Crippen molar-refractivity contribution in [2.24, 2.45) is 0 Å². The predicted molar refractivity (Wildman–Crippen MR) is 110 cm³/mol. The second-order valence-electron chi connectivity index (χ2n) is 5.94. The highest BCUT2D eigenvalue weighted by Gasteiger charge is 2.14. The van der Waals surface area contributed by atoms with Gasteiger partial charge in [-0.05, 0) is 49.6 Å². The van der Waals surface area contributed by atoms with Crippen molar-refractivity contribution < 1.29 is 19.1 Å². The van der Waals surface area contributed by atoms with Crippen LogP contribution in [0.1, 0.15) is 16.2 Å². The van der Waals surface area contributed by atoms with Gasteiger partial charge in [0, 0.05) is 5.69 Å². The normalized spacial score (nSPS) is 10.4. The first-order chi connectivity index (χ1) is 14.0. The van der Waals surface area contributed by atoms with E-state index in [1.165, 1.54) is 18.9 Å². The van der Waals surface area contributed by atoms with Crippen LogP contribution in [0, 0.1) is 6.92 Å². The molecule has 8 nitrogen and oxygen atoms in total. The lowest BCUT2D eigenvalue weighted by Crippen LogP contribution is -2.21. The zero-order valence-electron chi connectivity index (χ0n) is 16.2. The molecule has 0 aliphatic rings. The number of ether oxygens (including phenoxy) is 2. The van der Waals surface area contributed by atoms with E-state index in [1.807, 2.05) is 17.7 Å². The second kappa shape index (κ2) is 9.24. The summed E-state index contributed by atoms with van der Waals surface area (Å²) >= 11 is 1.48. The van der Waals surface area contributed by atoms with Crippen LogP contribution in [0.3, 0.4) is 0 Å². The van der Waals surface area contributed by atoms with Crippen LogP contribution in [0.4, 0.5) is 5.69 Å². The van der Waals surface area contributed by atoms with Crippen LogP contribution in [0.5, 0.6) is 5.75 Å². The topological polar surface area (TPSA) is 95.3 Å². The monoisotopic (exact) mass is 412 g/mol. The molecule has 0 radical (unpaired) electrons. The number of carbonyl (C=O) groups is 2. The van der Waals surface area contributed by atoms with Crippen molar-refractivity contribution >= 4 is 29.3 Å². The van der Waals surface area contributed by atoms with Crippen LogP contribution < -0.4 is 10.1 Å². The van der Waals surface area contributed by atoms with E-state index < -0.39 is 18.5 Å². The van der Waals surface area contributed by atoms with Gasteiger partial charge in [-0.15, -0.1) is 10.2 Å². The Hall–Kier alpha value is -3.33. The number of para-hydroxylation sites is 2. The van der Waals surface area contributed by atoms with Crippen molar-refractivity contribution in [1.29, 1.82) is 0 Å². The van der Waals surface area contributed by atoms with Crippen molar-refractivity contribution in [3.8, 4) is 11.4 Å². The van der Waals surface area contributed by atoms with E-state index in [9.17, 15) is 9.59 Å². The highest BCUT2D eigenvalue weighted by Crippen LogP contribution is 2.23. The molecule has 0 saturated heterocycles. The third-order valence-corrected chi connectivity index (χ3v) is 4.68. The Kier molecular flexibility index (Phi) is 6.50. The van der Waals surface area contributed by atoms with E-state index in [1.54, 1.807) is 48.5 Å². The van der Waals surface area contributed by atoms with Crippen molar-refractivity contribution in [2.45, 2.75) is 12.1 Å². The van der Waals surface area contributed by atoms with E-state index in [2.05, 4.69) is 15.5 Å². The minimum Gasteiger partial charge on any atom is -0.495 e. The summed E-state index contributed by atoms with van der Waals surface area (Å²) in [6, 6.07) is 13.8. The van der Waals surface area contributed by atoms with Crippen molar-refractivity contribution in [3.63, 3.8) is 0 Å². The summed E-state index contributed by atoms with van der Waals surface area (Å²) < 4.78 is 12.2. The molecule has 3 aromatic rings. The van der Waals surface area contributed by atoms with Crippen LogP contribution >= 0.6 is 11.8 Å². The van der Waals surface area contributed by atoms with Crippen LogP contribution in [-0.2, 0) is 9.53 Å². The maximum Gasteiger partial charge on any atom is 0.338 e. The number of nitrogens with one attached hydrogen (secondary N) is 1. The lowest BCUT2D eigenvalue weighted by molar-refractivity contribution is -0.119. The summed E-state index contributed by atoms with van der Waals surface area (Å²) in [7, 11) is 1.51. The zero-order chi connectivity index (χ0) is 20.8. The first-order valence-corrected chi connectivity index (χ1v) is 9.92. The van der Waals surface area contributed by atoms with Gasteiger partial charge in [0.05, 0.1) is 18.4 Å². The molecule has 0 bridgehead atoms. The van der Waals surface area contributed by atoms with Gasteiger partial charge >= 0.3 is 5.97 Å². The SMILES string of the molecule is COc1ccccc1NC(=O)COC(=O)c1ccc(-n2c(C)nnc2SC)cc1. The number of benzene rings is 2. The number of carbonyl (C=O) groups excluding carboxylic acids is 2. The van der Waals surface area contributed by atoms with Gasteiger partial charge in [-0.25, -0.2) is 4.79 Å². The molecule has 3 rings (SSSR count). The number of anilines is 1. The molecule has 29 heavy (non-hydrogen) atoms. The zero-order valence-corrected chi connectivity index (χ0v) is 17.0. The molecule has 150 valence electrons. The molecule has 0 atom stereocenters. The second-order valence-corrected chi connectivity index (χ2v) is 6.71. The Labute approximate surface area is 172 Å². The van der Waals surface area contributed by atoms with E-state index in [4.69, 9.17) is 9.47 Å². The Morgan fingerprint density at radius 2 is 1.83 bits per heavy atom. The first-order valence-electron chi connectivity index (χ1n) is 8.70. The Morgan fingerprint density at radius 1 is 1.10 bits per heavy atom. The number of esters is 1. The largest absolute Gasteiger partial charge is 0.495 e. The quantitative estimate of drug-likeness (QED) is 0.471. The average molecular weight is 412 g/mol. The molecule has 0 unspecified atom stereocenters. The third kappa shape index (κ3) is 4.75. The summed E-state index contributed by atoms with van der Waals surface area (Å²) in [5, 5.41) is 11.6. The molecule has 1 heterocycles. The Bertz CT molecular complexity index is 1020. The molecule has 0 aliphatic carbocycles.